The van der Waals surface area contributed by atoms with Crippen molar-refractivity contribution < 1.29 is 9.47 Å². The summed E-state index contributed by atoms with van der Waals surface area (Å²) in [7, 11) is 0. The number of ether oxygens (including phenoxy) is 2. The average molecular weight is 221 g/mol. The molecule has 1 fully saturated rings. The van der Waals surface area contributed by atoms with Gasteiger partial charge in [-0.25, -0.2) is 0 Å². The van der Waals surface area contributed by atoms with Crippen molar-refractivity contribution in [2.24, 2.45) is 5.73 Å². The van der Waals surface area contributed by atoms with E-state index in [-0.39, 0.29) is 12.4 Å². The Labute approximate surface area is 96.5 Å². The molecule has 0 aromatic heterocycles. The zero-order valence-electron chi connectivity index (χ0n) is 9.69. The van der Waals surface area contributed by atoms with Crippen molar-refractivity contribution in [3.8, 4) is 0 Å². The molecule has 2 unspecified atom stereocenters. The fourth-order valence-electron chi connectivity index (χ4n) is 1.97. The third kappa shape index (κ3) is 2.82. The zero-order valence-corrected chi connectivity index (χ0v) is 9.69. The molecule has 1 heterocycles. The topological polar surface area (TPSA) is 44.5 Å². The maximum atomic E-state index is 5.76. The van der Waals surface area contributed by atoms with E-state index in [1.165, 1.54) is 11.1 Å². The predicted molar refractivity (Wildman–Crippen MR) is 63.2 cm³/mol. The molecule has 1 aliphatic heterocycles. The van der Waals surface area contributed by atoms with Crippen LogP contribution in [-0.2, 0) is 15.9 Å². The van der Waals surface area contributed by atoms with Gasteiger partial charge in [-0.1, -0.05) is 24.3 Å². The molecule has 0 amide bonds. The van der Waals surface area contributed by atoms with Crippen molar-refractivity contribution >= 4 is 0 Å². The molecule has 0 spiro atoms. The molecule has 1 aliphatic rings. The van der Waals surface area contributed by atoms with Crippen LogP contribution in [-0.4, -0.2) is 25.5 Å². The molecule has 1 aromatic carbocycles. The molecule has 16 heavy (non-hydrogen) atoms. The second kappa shape index (κ2) is 5.43. The molecule has 1 saturated heterocycles. The number of rotatable bonds is 4. The van der Waals surface area contributed by atoms with Gasteiger partial charge in [0.1, 0.15) is 0 Å². The molecule has 1 aromatic rings. The van der Waals surface area contributed by atoms with Gasteiger partial charge in [0.2, 0.25) is 0 Å². The lowest BCUT2D eigenvalue weighted by Gasteiger charge is -2.12. The predicted octanol–water partition coefficient (Wildman–Crippen LogP) is 1.63. The van der Waals surface area contributed by atoms with Gasteiger partial charge in [-0.05, 0) is 31.0 Å². The maximum absolute atomic E-state index is 5.76. The lowest BCUT2D eigenvalue weighted by molar-refractivity contribution is -0.0564. The van der Waals surface area contributed by atoms with Gasteiger partial charge < -0.3 is 15.2 Å². The highest BCUT2D eigenvalue weighted by atomic mass is 16.7. The highest BCUT2D eigenvalue weighted by Crippen LogP contribution is 2.19. The monoisotopic (exact) mass is 221 g/mol. The van der Waals surface area contributed by atoms with Crippen LogP contribution >= 0.6 is 0 Å². The van der Waals surface area contributed by atoms with E-state index >= 15 is 0 Å². The van der Waals surface area contributed by atoms with E-state index in [9.17, 15) is 0 Å². The first-order valence-corrected chi connectivity index (χ1v) is 5.81. The summed E-state index contributed by atoms with van der Waals surface area (Å²) in [5.74, 6) is 0. The minimum Gasteiger partial charge on any atom is -0.350 e. The number of hydrogen-bond donors (Lipinski definition) is 1. The van der Waals surface area contributed by atoms with Crippen molar-refractivity contribution in [3.05, 3.63) is 35.4 Å². The maximum Gasteiger partial charge on any atom is 0.162 e. The lowest BCUT2D eigenvalue weighted by atomic mass is 10.1. The minimum atomic E-state index is -0.0994. The van der Waals surface area contributed by atoms with Crippen LogP contribution in [0.2, 0.25) is 0 Å². The van der Waals surface area contributed by atoms with Crippen LogP contribution in [0.15, 0.2) is 24.3 Å². The quantitative estimate of drug-likeness (QED) is 0.840. The first kappa shape index (κ1) is 11.6. The van der Waals surface area contributed by atoms with Crippen LogP contribution in [0.5, 0.6) is 0 Å². The average Bonchev–Trinajstić information content (AvgIpc) is 2.70. The van der Waals surface area contributed by atoms with Gasteiger partial charge in [0.25, 0.3) is 0 Å². The van der Waals surface area contributed by atoms with E-state index in [1.54, 1.807) is 0 Å². The summed E-state index contributed by atoms with van der Waals surface area (Å²) < 4.78 is 11.4. The lowest BCUT2D eigenvalue weighted by Crippen LogP contribution is -2.18. The molecule has 3 nitrogen and oxygen atoms in total. The van der Waals surface area contributed by atoms with Gasteiger partial charge in [0.15, 0.2) is 6.29 Å². The van der Waals surface area contributed by atoms with Gasteiger partial charge in [-0.15, -0.1) is 0 Å². The summed E-state index contributed by atoms with van der Waals surface area (Å²) >= 11 is 0. The van der Waals surface area contributed by atoms with Crippen LogP contribution in [0, 0.1) is 6.92 Å². The Morgan fingerprint density at radius 3 is 2.94 bits per heavy atom. The van der Waals surface area contributed by atoms with E-state index in [0.717, 1.165) is 12.8 Å². The Balaban J connectivity index is 1.90. The standard InChI is InChI=1S/C13H19NO2/c1-10-4-2-3-5-11(10)8-13-15-9-12(16-13)6-7-14/h2-5,12-13H,6-9,14H2,1H3. The molecule has 0 saturated carbocycles. The molecule has 88 valence electrons. The van der Waals surface area contributed by atoms with Crippen LogP contribution in [0.4, 0.5) is 0 Å². The van der Waals surface area contributed by atoms with Gasteiger partial charge in [-0.3, -0.25) is 0 Å². The highest BCUT2D eigenvalue weighted by Gasteiger charge is 2.25. The highest BCUT2D eigenvalue weighted by molar-refractivity contribution is 5.25. The van der Waals surface area contributed by atoms with Crippen molar-refractivity contribution in [1.82, 2.24) is 0 Å². The zero-order chi connectivity index (χ0) is 11.4. The third-order valence-corrected chi connectivity index (χ3v) is 2.95. The summed E-state index contributed by atoms with van der Waals surface area (Å²) in [4.78, 5) is 0. The summed E-state index contributed by atoms with van der Waals surface area (Å²) in [6.07, 6.45) is 1.79. The SMILES string of the molecule is Cc1ccccc1CC1OCC(CCN)O1. The molecule has 2 N–H and O–H groups in total. The smallest absolute Gasteiger partial charge is 0.162 e. The Bertz CT molecular complexity index is 340. The molecule has 0 aliphatic carbocycles. The summed E-state index contributed by atoms with van der Waals surface area (Å²) in [5.41, 5.74) is 8.08. The number of hydrogen-bond acceptors (Lipinski definition) is 3. The Kier molecular flexibility index (Phi) is 3.93. The molecule has 0 bridgehead atoms. The second-order valence-corrected chi connectivity index (χ2v) is 4.23. The summed E-state index contributed by atoms with van der Waals surface area (Å²) in [6, 6.07) is 8.33. The molecule has 3 heteroatoms. The minimum absolute atomic E-state index is 0.0994. The van der Waals surface area contributed by atoms with Crippen molar-refractivity contribution in [2.75, 3.05) is 13.2 Å². The van der Waals surface area contributed by atoms with Gasteiger partial charge >= 0.3 is 0 Å². The molecular formula is C13H19NO2. The Morgan fingerprint density at radius 1 is 1.38 bits per heavy atom. The van der Waals surface area contributed by atoms with Gasteiger partial charge in [0.05, 0.1) is 12.7 Å². The van der Waals surface area contributed by atoms with E-state index in [4.69, 9.17) is 15.2 Å². The van der Waals surface area contributed by atoms with E-state index in [2.05, 4.69) is 25.1 Å². The first-order chi connectivity index (χ1) is 7.79. The summed E-state index contributed by atoms with van der Waals surface area (Å²) in [6.45, 7) is 3.44. The second-order valence-electron chi connectivity index (χ2n) is 4.23. The van der Waals surface area contributed by atoms with Crippen LogP contribution in [0.1, 0.15) is 17.5 Å². The third-order valence-electron chi connectivity index (χ3n) is 2.95. The van der Waals surface area contributed by atoms with Crippen molar-refractivity contribution in [1.29, 1.82) is 0 Å². The largest absolute Gasteiger partial charge is 0.350 e. The van der Waals surface area contributed by atoms with Crippen molar-refractivity contribution in [2.45, 2.75) is 32.2 Å². The van der Waals surface area contributed by atoms with Crippen LogP contribution in [0.25, 0.3) is 0 Å². The molecular weight excluding hydrogens is 202 g/mol. The molecule has 0 radical (unpaired) electrons. The van der Waals surface area contributed by atoms with Crippen molar-refractivity contribution in [3.63, 3.8) is 0 Å². The Morgan fingerprint density at radius 2 is 2.19 bits per heavy atom. The normalized spacial score (nSPS) is 24.9. The first-order valence-electron chi connectivity index (χ1n) is 5.81. The molecule has 2 atom stereocenters. The number of aryl methyl sites for hydroxylation is 1. The fraction of sp³-hybridized carbons (Fsp3) is 0.538. The number of nitrogens with two attached hydrogens (primary N) is 1. The fourth-order valence-corrected chi connectivity index (χ4v) is 1.97. The van der Waals surface area contributed by atoms with Gasteiger partial charge in [-0.2, -0.15) is 0 Å². The molecule has 2 rings (SSSR count). The Hall–Kier alpha value is -0.900. The van der Waals surface area contributed by atoms with Crippen LogP contribution in [0.3, 0.4) is 0 Å². The van der Waals surface area contributed by atoms with E-state index in [0.29, 0.717) is 13.2 Å². The van der Waals surface area contributed by atoms with Crippen LogP contribution < -0.4 is 5.73 Å². The van der Waals surface area contributed by atoms with E-state index in [1.807, 2.05) is 6.07 Å². The van der Waals surface area contributed by atoms with E-state index < -0.39 is 0 Å². The number of benzene rings is 1. The van der Waals surface area contributed by atoms with Gasteiger partial charge in [0, 0.05) is 6.42 Å². The summed E-state index contributed by atoms with van der Waals surface area (Å²) in [5, 5.41) is 0.